The number of rotatable bonds is 5. The molecule has 0 atom stereocenters. The van der Waals surface area contributed by atoms with Crippen LogP contribution in [0.5, 0.6) is 0 Å². The molecule has 1 aromatic heterocycles. The van der Waals surface area contributed by atoms with E-state index in [9.17, 15) is 4.79 Å². The van der Waals surface area contributed by atoms with Crippen LogP contribution in [0.4, 0.5) is 5.13 Å². The maximum atomic E-state index is 11.8. The van der Waals surface area contributed by atoms with Crippen molar-refractivity contribution in [2.45, 2.75) is 39.7 Å². The minimum Gasteiger partial charge on any atom is -0.357 e. The molecule has 1 rings (SSSR count). The van der Waals surface area contributed by atoms with E-state index in [1.165, 1.54) is 0 Å². The molecule has 0 saturated carbocycles. The van der Waals surface area contributed by atoms with Gasteiger partial charge >= 0.3 is 0 Å². The molecule has 4 nitrogen and oxygen atoms in total. The Balaban J connectivity index is 2.70. The lowest BCUT2D eigenvalue weighted by molar-refractivity contribution is -0.118. The zero-order valence-electron chi connectivity index (χ0n) is 12.1. The number of aryl methyl sites for hydroxylation is 1. The molecule has 5 heteroatoms. The highest BCUT2D eigenvalue weighted by Crippen LogP contribution is 2.25. The highest BCUT2D eigenvalue weighted by molar-refractivity contribution is 7.15. The van der Waals surface area contributed by atoms with Gasteiger partial charge in [0.25, 0.3) is 0 Å². The van der Waals surface area contributed by atoms with E-state index in [0.717, 1.165) is 15.7 Å². The average Bonchev–Trinajstić information content (AvgIpc) is 2.41. The summed E-state index contributed by atoms with van der Waals surface area (Å²) in [5.41, 5.74) is 0.953. The number of likely N-dealkylation sites (N-methyl/N-ethyl adjacent to an activating group) is 1. The predicted octanol–water partition coefficient (Wildman–Crippen LogP) is 2.34. The third-order valence-corrected chi connectivity index (χ3v) is 3.30. The lowest BCUT2D eigenvalue weighted by atomic mass is 10.1. The number of anilines is 1. The first-order chi connectivity index (χ1) is 8.17. The minimum atomic E-state index is -0.00475. The summed E-state index contributed by atoms with van der Waals surface area (Å²) in [6.45, 7) is 8.74. The topological polar surface area (TPSA) is 45.2 Å². The lowest BCUT2D eigenvalue weighted by Crippen LogP contribution is -2.25. The second-order valence-electron chi connectivity index (χ2n) is 5.86. The highest BCUT2D eigenvalue weighted by atomic mass is 32.1. The summed E-state index contributed by atoms with van der Waals surface area (Å²) in [6, 6.07) is 0. The maximum Gasteiger partial charge on any atom is 0.183 e. The molecular weight excluding hydrogens is 246 g/mol. The molecule has 0 aromatic carbocycles. The third kappa shape index (κ3) is 5.14. The zero-order chi connectivity index (χ0) is 13.9. The van der Waals surface area contributed by atoms with Crippen LogP contribution < -0.4 is 5.32 Å². The van der Waals surface area contributed by atoms with Crippen LogP contribution in [0.25, 0.3) is 0 Å². The SMILES string of the molecule is Cc1nc(NC(C)(C)C)sc1CC(=O)CN(C)C. The number of carbonyl (C=O) groups excluding carboxylic acids is 1. The van der Waals surface area contributed by atoms with Crippen LogP contribution in [0.2, 0.25) is 0 Å². The largest absolute Gasteiger partial charge is 0.357 e. The first kappa shape index (κ1) is 15.1. The highest BCUT2D eigenvalue weighted by Gasteiger charge is 2.16. The van der Waals surface area contributed by atoms with Gasteiger partial charge in [-0.15, -0.1) is 11.3 Å². The molecule has 102 valence electrons. The number of hydrogen-bond acceptors (Lipinski definition) is 5. The van der Waals surface area contributed by atoms with E-state index in [2.05, 4.69) is 31.1 Å². The van der Waals surface area contributed by atoms with Crippen molar-refractivity contribution in [3.8, 4) is 0 Å². The lowest BCUT2D eigenvalue weighted by Gasteiger charge is -2.19. The minimum absolute atomic E-state index is 0.00475. The standard InChI is InChI=1S/C13H23N3OS/c1-9-11(7-10(17)8-16(5)6)18-12(14-9)15-13(2,3)4/h7-8H2,1-6H3,(H,14,15). The first-order valence-corrected chi connectivity index (χ1v) is 6.90. The van der Waals surface area contributed by atoms with Gasteiger partial charge in [-0.1, -0.05) is 0 Å². The Kier molecular flexibility index (Phi) is 4.87. The summed E-state index contributed by atoms with van der Waals surface area (Å²) < 4.78 is 0. The molecule has 1 N–H and O–H groups in total. The molecule has 0 unspecified atom stereocenters. The molecule has 18 heavy (non-hydrogen) atoms. The average molecular weight is 269 g/mol. The number of hydrogen-bond donors (Lipinski definition) is 1. The second kappa shape index (κ2) is 5.80. The van der Waals surface area contributed by atoms with E-state index < -0.39 is 0 Å². The van der Waals surface area contributed by atoms with Crippen molar-refractivity contribution >= 4 is 22.3 Å². The van der Waals surface area contributed by atoms with Crippen LogP contribution >= 0.6 is 11.3 Å². The summed E-state index contributed by atoms with van der Waals surface area (Å²) in [7, 11) is 3.81. The number of ketones is 1. The van der Waals surface area contributed by atoms with Gasteiger partial charge in [0, 0.05) is 16.8 Å². The van der Waals surface area contributed by atoms with E-state index in [1.807, 2.05) is 25.9 Å². The predicted molar refractivity (Wildman–Crippen MR) is 77.5 cm³/mol. The molecule has 0 aliphatic heterocycles. The number of Topliss-reactive ketones (excluding diaryl/α,β-unsaturated/α-hetero) is 1. The Morgan fingerprint density at radius 2 is 2.00 bits per heavy atom. The first-order valence-electron chi connectivity index (χ1n) is 6.08. The summed E-state index contributed by atoms with van der Waals surface area (Å²) in [5.74, 6) is 0.231. The van der Waals surface area contributed by atoms with Gasteiger partial charge in [0.1, 0.15) is 0 Å². The van der Waals surface area contributed by atoms with Crippen molar-refractivity contribution in [2.75, 3.05) is 26.0 Å². The van der Waals surface area contributed by atoms with Crippen molar-refractivity contribution in [1.29, 1.82) is 0 Å². The number of aromatic nitrogens is 1. The Morgan fingerprint density at radius 1 is 1.39 bits per heavy atom. The molecule has 0 spiro atoms. The summed E-state index contributed by atoms with van der Waals surface area (Å²) in [5, 5.41) is 4.24. The molecule has 0 fully saturated rings. The number of nitrogens with zero attached hydrogens (tertiary/aromatic N) is 2. The molecule has 1 heterocycles. The summed E-state index contributed by atoms with van der Waals surface area (Å²) in [4.78, 5) is 19.2. The van der Waals surface area contributed by atoms with Crippen molar-refractivity contribution in [3.05, 3.63) is 10.6 Å². The molecule has 0 aliphatic rings. The fourth-order valence-corrected chi connectivity index (χ4v) is 2.75. The van der Waals surface area contributed by atoms with Crippen LogP contribution in [-0.2, 0) is 11.2 Å². The molecule has 0 bridgehead atoms. The number of thiazole rings is 1. The quantitative estimate of drug-likeness (QED) is 0.891. The van der Waals surface area contributed by atoms with Gasteiger partial charge in [-0.25, -0.2) is 4.98 Å². The van der Waals surface area contributed by atoms with E-state index in [-0.39, 0.29) is 11.3 Å². The summed E-state index contributed by atoms with van der Waals surface area (Å²) in [6.07, 6.45) is 0.480. The van der Waals surface area contributed by atoms with Gasteiger partial charge in [-0.3, -0.25) is 4.79 Å². The van der Waals surface area contributed by atoms with Crippen molar-refractivity contribution in [3.63, 3.8) is 0 Å². The second-order valence-corrected chi connectivity index (χ2v) is 6.94. The Bertz CT molecular complexity index is 418. The van der Waals surface area contributed by atoms with Crippen LogP contribution in [0, 0.1) is 6.92 Å². The van der Waals surface area contributed by atoms with Gasteiger partial charge in [-0.2, -0.15) is 0 Å². The van der Waals surface area contributed by atoms with E-state index >= 15 is 0 Å². The van der Waals surface area contributed by atoms with Crippen molar-refractivity contribution < 1.29 is 4.79 Å². The molecule has 1 aromatic rings. The zero-order valence-corrected chi connectivity index (χ0v) is 12.9. The van der Waals surface area contributed by atoms with Gasteiger partial charge in [0.2, 0.25) is 0 Å². The number of nitrogens with one attached hydrogen (secondary N) is 1. The van der Waals surface area contributed by atoms with Gasteiger partial charge in [0.05, 0.1) is 12.2 Å². The smallest absolute Gasteiger partial charge is 0.183 e. The molecule has 0 saturated heterocycles. The maximum absolute atomic E-state index is 11.8. The van der Waals surface area contributed by atoms with Gasteiger partial charge < -0.3 is 10.2 Å². The fourth-order valence-electron chi connectivity index (χ4n) is 1.55. The normalized spacial score (nSPS) is 11.9. The van der Waals surface area contributed by atoms with Gasteiger partial charge in [0.15, 0.2) is 10.9 Å². The monoisotopic (exact) mass is 269 g/mol. The van der Waals surface area contributed by atoms with Crippen LogP contribution in [0.15, 0.2) is 0 Å². The third-order valence-electron chi connectivity index (χ3n) is 2.22. The summed E-state index contributed by atoms with van der Waals surface area (Å²) >= 11 is 1.58. The Labute approximate surface area is 113 Å². The van der Waals surface area contributed by atoms with Gasteiger partial charge in [-0.05, 0) is 41.8 Å². The van der Waals surface area contributed by atoms with Crippen LogP contribution in [0.1, 0.15) is 31.3 Å². The van der Waals surface area contributed by atoms with Crippen molar-refractivity contribution in [2.24, 2.45) is 0 Å². The molecule has 0 amide bonds. The van der Waals surface area contributed by atoms with E-state index in [1.54, 1.807) is 11.3 Å². The van der Waals surface area contributed by atoms with Crippen molar-refractivity contribution in [1.82, 2.24) is 9.88 Å². The number of carbonyl (C=O) groups is 1. The van der Waals surface area contributed by atoms with Crippen LogP contribution in [0.3, 0.4) is 0 Å². The Hall–Kier alpha value is -0.940. The molecular formula is C13H23N3OS. The molecule has 0 aliphatic carbocycles. The van der Waals surface area contributed by atoms with Crippen LogP contribution in [-0.4, -0.2) is 41.8 Å². The van der Waals surface area contributed by atoms with E-state index in [4.69, 9.17) is 0 Å². The fraction of sp³-hybridized carbons (Fsp3) is 0.692. The Morgan fingerprint density at radius 3 is 2.50 bits per heavy atom. The molecule has 0 radical (unpaired) electrons. The van der Waals surface area contributed by atoms with E-state index in [0.29, 0.717) is 13.0 Å².